The van der Waals surface area contributed by atoms with Crippen LogP contribution in [0, 0.1) is 5.82 Å². The van der Waals surface area contributed by atoms with Crippen molar-refractivity contribution in [3.05, 3.63) is 48.0 Å². The van der Waals surface area contributed by atoms with Gasteiger partial charge in [0.15, 0.2) is 0 Å². The number of nitrogens with zero attached hydrogens (tertiary/aromatic N) is 3. The van der Waals surface area contributed by atoms with Gasteiger partial charge in [-0.25, -0.2) is 19.2 Å². The van der Waals surface area contributed by atoms with Gasteiger partial charge in [0, 0.05) is 31.5 Å². The Morgan fingerprint density at radius 2 is 2.17 bits per heavy atom. The highest BCUT2D eigenvalue weighted by atomic mass is 19.1. The second-order valence-corrected chi connectivity index (χ2v) is 5.66. The maximum atomic E-state index is 14.4. The Bertz CT molecular complexity index is 711. The fourth-order valence-electron chi connectivity index (χ4n) is 2.88. The van der Waals surface area contributed by atoms with Gasteiger partial charge in [0.2, 0.25) is 5.95 Å². The number of hydrogen-bond acceptors (Lipinski definition) is 6. The second kappa shape index (κ2) is 7.25. The predicted octanol–water partition coefficient (Wildman–Crippen LogP) is 2.48. The van der Waals surface area contributed by atoms with Gasteiger partial charge in [-0.2, -0.15) is 0 Å². The number of anilines is 2. The first kappa shape index (κ1) is 16.2. The molecule has 24 heavy (non-hydrogen) atoms. The lowest BCUT2D eigenvalue weighted by Gasteiger charge is -2.35. The van der Waals surface area contributed by atoms with Crippen LogP contribution < -0.4 is 10.2 Å². The summed E-state index contributed by atoms with van der Waals surface area (Å²) in [5.41, 5.74) is 0.700. The van der Waals surface area contributed by atoms with Crippen molar-refractivity contribution >= 4 is 17.6 Å². The van der Waals surface area contributed by atoms with Gasteiger partial charge in [0.05, 0.1) is 18.4 Å². The lowest BCUT2D eigenvalue weighted by molar-refractivity contribution is 0.0600. The minimum atomic E-state index is -0.542. The summed E-state index contributed by atoms with van der Waals surface area (Å²) in [6.45, 7) is 1.41. The Morgan fingerprint density at radius 3 is 2.88 bits per heavy atom. The molecule has 1 atom stereocenters. The largest absolute Gasteiger partial charge is 0.465 e. The van der Waals surface area contributed by atoms with Crippen molar-refractivity contribution in [1.82, 2.24) is 9.97 Å². The Kier molecular flexibility index (Phi) is 4.88. The zero-order chi connectivity index (χ0) is 16.9. The monoisotopic (exact) mass is 330 g/mol. The number of rotatable bonds is 4. The van der Waals surface area contributed by atoms with E-state index in [0.717, 1.165) is 19.4 Å². The minimum Gasteiger partial charge on any atom is -0.465 e. The smallest absolute Gasteiger partial charge is 0.337 e. The summed E-state index contributed by atoms with van der Waals surface area (Å²) in [4.78, 5) is 21.8. The number of aromatic nitrogens is 2. The van der Waals surface area contributed by atoms with Crippen molar-refractivity contribution in [2.24, 2.45) is 0 Å². The highest BCUT2D eigenvalue weighted by Gasteiger charge is 2.23. The zero-order valence-corrected chi connectivity index (χ0v) is 13.4. The molecule has 0 radical (unpaired) electrons. The number of carbonyl (C=O) groups excluding carboxylic acids is 1. The SMILES string of the molecule is COC(=O)c1ccc(N2CCC[C@H](Nc3ncccn3)C2)c(F)c1. The number of nitrogens with one attached hydrogen (secondary N) is 1. The fraction of sp³-hybridized carbons (Fsp3) is 0.353. The van der Waals surface area contributed by atoms with Crippen molar-refractivity contribution in [2.45, 2.75) is 18.9 Å². The molecule has 1 aliphatic heterocycles. The summed E-state index contributed by atoms with van der Waals surface area (Å²) in [5, 5.41) is 3.28. The first-order valence-electron chi connectivity index (χ1n) is 7.84. The van der Waals surface area contributed by atoms with Crippen LogP contribution in [-0.2, 0) is 4.74 Å². The molecule has 0 amide bonds. The van der Waals surface area contributed by atoms with E-state index < -0.39 is 11.8 Å². The molecule has 1 saturated heterocycles. The average Bonchev–Trinajstić information content (AvgIpc) is 2.62. The molecule has 1 aromatic heterocycles. The number of carbonyl (C=O) groups is 1. The summed E-state index contributed by atoms with van der Waals surface area (Å²) in [7, 11) is 1.28. The lowest BCUT2D eigenvalue weighted by Crippen LogP contribution is -2.42. The number of benzene rings is 1. The predicted molar refractivity (Wildman–Crippen MR) is 88.6 cm³/mol. The lowest BCUT2D eigenvalue weighted by atomic mass is 10.0. The second-order valence-electron chi connectivity index (χ2n) is 5.66. The number of ether oxygens (including phenoxy) is 1. The molecule has 126 valence electrons. The molecule has 3 rings (SSSR count). The molecule has 0 spiro atoms. The summed E-state index contributed by atoms with van der Waals surface area (Å²) < 4.78 is 19.0. The molecular formula is C17H19FN4O2. The first-order chi connectivity index (χ1) is 11.7. The van der Waals surface area contributed by atoms with E-state index in [-0.39, 0.29) is 11.6 Å². The van der Waals surface area contributed by atoms with E-state index in [1.54, 1.807) is 30.6 Å². The van der Waals surface area contributed by atoms with E-state index in [1.807, 2.05) is 4.90 Å². The summed E-state index contributed by atoms with van der Waals surface area (Å²) in [6.07, 6.45) is 5.27. The molecule has 0 unspecified atom stereocenters. The molecular weight excluding hydrogens is 311 g/mol. The fourth-order valence-corrected chi connectivity index (χ4v) is 2.88. The average molecular weight is 330 g/mol. The molecule has 7 heteroatoms. The van der Waals surface area contributed by atoms with E-state index in [4.69, 9.17) is 0 Å². The summed E-state index contributed by atoms with van der Waals surface area (Å²) in [5.74, 6) is -0.389. The van der Waals surface area contributed by atoms with Crippen LogP contribution in [0.5, 0.6) is 0 Å². The highest BCUT2D eigenvalue weighted by Crippen LogP contribution is 2.25. The van der Waals surface area contributed by atoms with Crippen LogP contribution >= 0.6 is 0 Å². The van der Waals surface area contributed by atoms with E-state index in [2.05, 4.69) is 20.0 Å². The van der Waals surface area contributed by atoms with Crippen molar-refractivity contribution < 1.29 is 13.9 Å². The van der Waals surface area contributed by atoms with E-state index in [0.29, 0.717) is 18.2 Å². The van der Waals surface area contributed by atoms with Gasteiger partial charge in [-0.3, -0.25) is 0 Å². The quantitative estimate of drug-likeness (QED) is 0.869. The number of hydrogen-bond donors (Lipinski definition) is 1. The Hall–Kier alpha value is -2.70. The van der Waals surface area contributed by atoms with E-state index >= 15 is 0 Å². The van der Waals surface area contributed by atoms with Crippen LogP contribution in [0.3, 0.4) is 0 Å². The van der Waals surface area contributed by atoms with E-state index in [1.165, 1.54) is 13.2 Å². The molecule has 1 N–H and O–H groups in total. The summed E-state index contributed by atoms with van der Waals surface area (Å²) >= 11 is 0. The molecule has 2 aromatic rings. The van der Waals surface area contributed by atoms with Crippen molar-refractivity contribution in [1.29, 1.82) is 0 Å². The molecule has 2 heterocycles. The molecule has 0 saturated carbocycles. The maximum Gasteiger partial charge on any atom is 0.337 e. The minimum absolute atomic E-state index is 0.140. The molecule has 1 aliphatic rings. The zero-order valence-electron chi connectivity index (χ0n) is 13.4. The van der Waals surface area contributed by atoms with Crippen LogP contribution in [0.2, 0.25) is 0 Å². The number of piperidine rings is 1. The number of methoxy groups -OCH3 is 1. The van der Waals surface area contributed by atoms with Crippen molar-refractivity contribution in [3.8, 4) is 0 Å². The van der Waals surface area contributed by atoms with Gasteiger partial charge in [0.25, 0.3) is 0 Å². The Balaban J connectivity index is 1.71. The maximum absolute atomic E-state index is 14.4. The van der Waals surface area contributed by atoms with Gasteiger partial charge in [-0.15, -0.1) is 0 Å². The van der Waals surface area contributed by atoms with Gasteiger partial charge in [-0.1, -0.05) is 0 Å². The molecule has 0 aliphatic carbocycles. The van der Waals surface area contributed by atoms with Gasteiger partial charge < -0.3 is 15.0 Å². The molecule has 1 aromatic carbocycles. The van der Waals surface area contributed by atoms with Gasteiger partial charge in [-0.05, 0) is 37.1 Å². The number of halogens is 1. The third-order valence-electron chi connectivity index (χ3n) is 4.03. The van der Waals surface area contributed by atoms with Crippen LogP contribution in [0.4, 0.5) is 16.0 Å². The van der Waals surface area contributed by atoms with Gasteiger partial charge in [0.1, 0.15) is 5.82 Å². The van der Waals surface area contributed by atoms with Crippen LogP contribution in [0.25, 0.3) is 0 Å². The van der Waals surface area contributed by atoms with Crippen LogP contribution in [0.1, 0.15) is 23.2 Å². The third-order valence-corrected chi connectivity index (χ3v) is 4.03. The van der Waals surface area contributed by atoms with Gasteiger partial charge >= 0.3 is 5.97 Å². The Labute approximate surface area is 139 Å². The standard InChI is InChI=1S/C17H19FN4O2/c1-24-16(23)12-5-6-15(14(18)10-12)22-9-2-4-13(11-22)21-17-19-7-3-8-20-17/h3,5-8,10,13H,2,4,9,11H2,1H3,(H,19,20,21)/t13-/m0/s1. The Morgan fingerprint density at radius 1 is 1.38 bits per heavy atom. The highest BCUT2D eigenvalue weighted by molar-refractivity contribution is 5.89. The molecule has 6 nitrogen and oxygen atoms in total. The van der Waals surface area contributed by atoms with E-state index in [9.17, 15) is 9.18 Å². The summed E-state index contributed by atoms with van der Waals surface area (Å²) in [6, 6.07) is 6.33. The molecule has 1 fully saturated rings. The number of esters is 1. The third kappa shape index (κ3) is 3.61. The topological polar surface area (TPSA) is 67.3 Å². The van der Waals surface area contributed by atoms with Crippen LogP contribution in [0.15, 0.2) is 36.7 Å². The van der Waals surface area contributed by atoms with Crippen molar-refractivity contribution in [2.75, 3.05) is 30.4 Å². The first-order valence-corrected chi connectivity index (χ1v) is 7.84. The molecule has 0 bridgehead atoms. The van der Waals surface area contributed by atoms with Crippen molar-refractivity contribution in [3.63, 3.8) is 0 Å². The normalized spacial score (nSPS) is 17.4. The van der Waals surface area contributed by atoms with Crippen LogP contribution in [-0.4, -0.2) is 42.2 Å².